The molecule has 1 heterocycles. The van der Waals surface area contributed by atoms with E-state index in [9.17, 15) is 0 Å². The molecule has 1 unspecified atom stereocenters. The minimum absolute atomic E-state index is 0.271. The lowest BCUT2D eigenvalue weighted by Gasteiger charge is -2.20. The Kier molecular flexibility index (Phi) is 5.18. The largest absolute Gasteiger partial charge is 0.496 e. The number of hydrogen-bond acceptors (Lipinski definition) is 3. The number of nitrogens with one attached hydrogen (secondary N) is 1. The Bertz CT molecular complexity index is 536. The SMILES string of the molecule is CCC(NCc1nccn1CC)c1ccccc1OC. The van der Waals surface area contributed by atoms with Crippen molar-refractivity contribution in [2.45, 2.75) is 39.4 Å². The van der Waals surface area contributed by atoms with Gasteiger partial charge in [0.1, 0.15) is 11.6 Å². The van der Waals surface area contributed by atoms with Crippen LogP contribution >= 0.6 is 0 Å². The van der Waals surface area contributed by atoms with Crippen LogP contribution in [0, 0.1) is 0 Å². The molecular formula is C16H23N3O. The highest BCUT2D eigenvalue weighted by Gasteiger charge is 2.14. The molecule has 20 heavy (non-hydrogen) atoms. The molecule has 0 amide bonds. The molecule has 0 radical (unpaired) electrons. The molecule has 4 heteroatoms. The van der Waals surface area contributed by atoms with Gasteiger partial charge in [-0.25, -0.2) is 4.98 Å². The summed E-state index contributed by atoms with van der Waals surface area (Å²) in [6, 6.07) is 8.45. The Morgan fingerprint density at radius 2 is 2.10 bits per heavy atom. The van der Waals surface area contributed by atoms with Crippen LogP contribution < -0.4 is 10.1 Å². The average Bonchev–Trinajstić information content (AvgIpc) is 2.96. The second-order valence-corrected chi connectivity index (χ2v) is 4.71. The summed E-state index contributed by atoms with van der Waals surface area (Å²) in [5.41, 5.74) is 1.20. The van der Waals surface area contributed by atoms with Crippen molar-refractivity contribution in [1.29, 1.82) is 0 Å². The van der Waals surface area contributed by atoms with E-state index in [-0.39, 0.29) is 6.04 Å². The molecule has 0 aliphatic carbocycles. The third-order valence-electron chi connectivity index (χ3n) is 3.57. The van der Waals surface area contributed by atoms with Crippen LogP contribution in [0.25, 0.3) is 0 Å². The second-order valence-electron chi connectivity index (χ2n) is 4.71. The van der Waals surface area contributed by atoms with E-state index in [1.165, 1.54) is 5.56 Å². The quantitative estimate of drug-likeness (QED) is 0.842. The zero-order valence-corrected chi connectivity index (χ0v) is 12.5. The van der Waals surface area contributed by atoms with Crippen molar-refractivity contribution < 1.29 is 4.74 Å². The van der Waals surface area contributed by atoms with Gasteiger partial charge in [-0.2, -0.15) is 0 Å². The smallest absolute Gasteiger partial charge is 0.123 e. The number of ether oxygens (including phenoxy) is 1. The van der Waals surface area contributed by atoms with Gasteiger partial charge in [0.2, 0.25) is 0 Å². The fourth-order valence-electron chi connectivity index (χ4n) is 2.44. The minimum atomic E-state index is 0.271. The molecule has 0 saturated carbocycles. The van der Waals surface area contributed by atoms with Crippen molar-refractivity contribution in [2.75, 3.05) is 7.11 Å². The van der Waals surface area contributed by atoms with Gasteiger partial charge in [0, 0.05) is 30.5 Å². The number of hydrogen-bond donors (Lipinski definition) is 1. The van der Waals surface area contributed by atoms with Crippen molar-refractivity contribution in [3.05, 3.63) is 48.0 Å². The number of imidazole rings is 1. The van der Waals surface area contributed by atoms with E-state index in [0.717, 1.165) is 31.1 Å². The number of para-hydroxylation sites is 1. The van der Waals surface area contributed by atoms with Gasteiger partial charge in [-0.1, -0.05) is 25.1 Å². The summed E-state index contributed by atoms with van der Waals surface area (Å²) in [6.45, 7) is 6.01. The average molecular weight is 273 g/mol. The van der Waals surface area contributed by atoms with Gasteiger partial charge >= 0.3 is 0 Å². The number of aromatic nitrogens is 2. The molecule has 4 nitrogen and oxygen atoms in total. The van der Waals surface area contributed by atoms with Crippen LogP contribution in [0.5, 0.6) is 5.75 Å². The maximum absolute atomic E-state index is 5.45. The number of benzene rings is 1. The maximum Gasteiger partial charge on any atom is 0.123 e. The summed E-state index contributed by atoms with van der Waals surface area (Å²) in [6.07, 6.45) is 4.87. The predicted molar refractivity (Wildman–Crippen MR) is 80.8 cm³/mol. The third kappa shape index (κ3) is 3.20. The van der Waals surface area contributed by atoms with Crippen molar-refractivity contribution in [3.63, 3.8) is 0 Å². The third-order valence-corrected chi connectivity index (χ3v) is 3.57. The Morgan fingerprint density at radius 3 is 2.80 bits per heavy atom. The van der Waals surface area contributed by atoms with Crippen molar-refractivity contribution in [3.8, 4) is 5.75 Å². The molecule has 0 fully saturated rings. The number of rotatable bonds is 7. The molecular weight excluding hydrogens is 250 g/mol. The standard InChI is InChI=1S/C16H23N3O/c1-4-14(13-8-6-7-9-15(13)20-3)18-12-16-17-10-11-19(16)5-2/h6-11,14,18H,4-5,12H2,1-3H3. The molecule has 1 N–H and O–H groups in total. The Labute approximate surface area is 120 Å². The fraction of sp³-hybridized carbons (Fsp3) is 0.438. The summed E-state index contributed by atoms with van der Waals surface area (Å²) >= 11 is 0. The van der Waals surface area contributed by atoms with E-state index < -0.39 is 0 Å². The van der Waals surface area contributed by atoms with Crippen LogP contribution in [0.2, 0.25) is 0 Å². The Hall–Kier alpha value is -1.81. The highest BCUT2D eigenvalue weighted by molar-refractivity contribution is 5.35. The molecule has 2 rings (SSSR count). The normalized spacial score (nSPS) is 12.3. The van der Waals surface area contributed by atoms with Gasteiger partial charge in [-0.3, -0.25) is 0 Å². The summed E-state index contributed by atoms with van der Waals surface area (Å²) in [4.78, 5) is 4.40. The first-order valence-corrected chi connectivity index (χ1v) is 7.16. The lowest BCUT2D eigenvalue weighted by atomic mass is 10.0. The van der Waals surface area contributed by atoms with Gasteiger partial charge in [-0.15, -0.1) is 0 Å². The first kappa shape index (κ1) is 14.6. The maximum atomic E-state index is 5.45. The van der Waals surface area contributed by atoms with Gasteiger partial charge < -0.3 is 14.6 Å². The molecule has 108 valence electrons. The fourth-order valence-corrected chi connectivity index (χ4v) is 2.44. The minimum Gasteiger partial charge on any atom is -0.496 e. The van der Waals surface area contributed by atoms with E-state index in [0.29, 0.717) is 0 Å². The van der Waals surface area contributed by atoms with E-state index in [1.54, 1.807) is 7.11 Å². The van der Waals surface area contributed by atoms with Gasteiger partial charge in [0.05, 0.1) is 13.7 Å². The summed E-state index contributed by atoms with van der Waals surface area (Å²) in [5, 5.41) is 3.57. The zero-order valence-electron chi connectivity index (χ0n) is 12.5. The van der Waals surface area contributed by atoms with Crippen molar-refractivity contribution in [2.24, 2.45) is 0 Å². The molecule has 1 aromatic carbocycles. The molecule has 0 bridgehead atoms. The molecule has 1 atom stereocenters. The van der Waals surface area contributed by atoms with Crippen LogP contribution in [0.4, 0.5) is 0 Å². The molecule has 1 aromatic heterocycles. The van der Waals surface area contributed by atoms with Gasteiger partial charge in [0.25, 0.3) is 0 Å². The van der Waals surface area contributed by atoms with Gasteiger partial charge in [-0.05, 0) is 19.4 Å². The Morgan fingerprint density at radius 1 is 1.30 bits per heavy atom. The molecule has 2 aromatic rings. The van der Waals surface area contributed by atoms with E-state index in [1.807, 2.05) is 24.5 Å². The first-order valence-electron chi connectivity index (χ1n) is 7.16. The summed E-state index contributed by atoms with van der Waals surface area (Å²) in [7, 11) is 1.72. The van der Waals surface area contributed by atoms with E-state index in [4.69, 9.17) is 4.74 Å². The van der Waals surface area contributed by atoms with Gasteiger partial charge in [0.15, 0.2) is 0 Å². The van der Waals surface area contributed by atoms with Crippen LogP contribution in [0.3, 0.4) is 0 Å². The molecule has 0 saturated heterocycles. The first-order chi connectivity index (χ1) is 9.80. The van der Waals surface area contributed by atoms with Crippen LogP contribution in [0.15, 0.2) is 36.7 Å². The highest BCUT2D eigenvalue weighted by atomic mass is 16.5. The van der Waals surface area contributed by atoms with Crippen LogP contribution in [-0.2, 0) is 13.1 Å². The second kappa shape index (κ2) is 7.10. The molecule has 0 spiro atoms. The lowest BCUT2D eigenvalue weighted by molar-refractivity contribution is 0.395. The van der Waals surface area contributed by atoms with Crippen molar-refractivity contribution in [1.82, 2.24) is 14.9 Å². The van der Waals surface area contributed by atoms with Crippen LogP contribution in [0.1, 0.15) is 37.7 Å². The topological polar surface area (TPSA) is 39.1 Å². The summed E-state index contributed by atoms with van der Waals surface area (Å²) in [5.74, 6) is 2.01. The van der Waals surface area contributed by atoms with E-state index in [2.05, 4.69) is 40.8 Å². The number of aryl methyl sites for hydroxylation is 1. The highest BCUT2D eigenvalue weighted by Crippen LogP contribution is 2.26. The van der Waals surface area contributed by atoms with Crippen molar-refractivity contribution >= 4 is 0 Å². The predicted octanol–water partition coefficient (Wildman–Crippen LogP) is 3.15. The molecule has 0 aliphatic rings. The Balaban J connectivity index is 2.09. The molecule has 0 aliphatic heterocycles. The number of nitrogens with zero attached hydrogens (tertiary/aromatic N) is 2. The summed E-state index contributed by atoms with van der Waals surface area (Å²) < 4.78 is 7.60. The monoisotopic (exact) mass is 273 g/mol. The zero-order chi connectivity index (χ0) is 14.4. The number of methoxy groups -OCH3 is 1. The van der Waals surface area contributed by atoms with E-state index >= 15 is 0 Å². The van der Waals surface area contributed by atoms with Crippen LogP contribution in [-0.4, -0.2) is 16.7 Å². The lowest BCUT2D eigenvalue weighted by Crippen LogP contribution is -2.22.